The zero-order valence-electron chi connectivity index (χ0n) is 10.9. The summed E-state index contributed by atoms with van der Waals surface area (Å²) in [5.74, 6) is 1.67. The van der Waals surface area contributed by atoms with Gasteiger partial charge < -0.3 is 10.1 Å². The molecule has 5 nitrogen and oxygen atoms in total. The van der Waals surface area contributed by atoms with Gasteiger partial charge in [-0.3, -0.25) is 4.68 Å². The van der Waals surface area contributed by atoms with Crippen molar-refractivity contribution in [3.8, 4) is 5.75 Å². The molecule has 2 aromatic rings. The van der Waals surface area contributed by atoms with Crippen LogP contribution in [0.4, 0.5) is 0 Å². The maximum atomic E-state index is 5.22. The summed E-state index contributed by atoms with van der Waals surface area (Å²) >= 11 is 0. The SMILES string of the molecule is COc1cccc(C(C)NCc2ncn(C)n2)c1. The molecular formula is C13H18N4O. The van der Waals surface area contributed by atoms with Crippen LogP contribution in [0, 0.1) is 0 Å². The van der Waals surface area contributed by atoms with E-state index in [-0.39, 0.29) is 6.04 Å². The molecule has 96 valence electrons. The molecule has 1 atom stereocenters. The van der Waals surface area contributed by atoms with Crippen LogP contribution in [0.2, 0.25) is 0 Å². The predicted molar refractivity (Wildman–Crippen MR) is 69.3 cm³/mol. The van der Waals surface area contributed by atoms with Crippen molar-refractivity contribution in [2.75, 3.05) is 7.11 Å². The van der Waals surface area contributed by atoms with Gasteiger partial charge in [-0.15, -0.1) is 0 Å². The maximum Gasteiger partial charge on any atom is 0.164 e. The maximum absolute atomic E-state index is 5.22. The molecule has 0 spiro atoms. The van der Waals surface area contributed by atoms with Gasteiger partial charge in [0.15, 0.2) is 5.82 Å². The van der Waals surface area contributed by atoms with Gasteiger partial charge in [0, 0.05) is 13.1 Å². The highest BCUT2D eigenvalue weighted by Gasteiger charge is 2.07. The summed E-state index contributed by atoms with van der Waals surface area (Å²) in [6.45, 7) is 2.76. The molecule has 0 aliphatic rings. The van der Waals surface area contributed by atoms with E-state index in [2.05, 4.69) is 28.4 Å². The van der Waals surface area contributed by atoms with Gasteiger partial charge in [0.1, 0.15) is 12.1 Å². The van der Waals surface area contributed by atoms with Crippen molar-refractivity contribution >= 4 is 0 Å². The number of hydrogen-bond acceptors (Lipinski definition) is 4. The highest BCUT2D eigenvalue weighted by atomic mass is 16.5. The fourth-order valence-corrected chi connectivity index (χ4v) is 1.74. The summed E-state index contributed by atoms with van der Waals surface area (Å²) in [4.78, 5) is 4.18. The number of aryl methyl sites for hydroxylation is 1. The van der Waals surface area contributed by atoms with E-state index < -0.39 is 0 Å². The molecule has 0 fully saturated rings. The quantitative estimate of drug-likeness (QED) is 0.872. The molecule has 0 saturated heterocycles. The highest BCUT2D eigenvalue weighted by molar-refractivity contribution is 5.30. The van der Waals surface area contributed by atoms with E-state index in [9.17, 15) is 0 Å². The van der Waals surface area contributed by atoms with Gasteiger partial charge in [0.05, 0.1) is 13.7 Å². The van der Waals surface area contributed by atoms with E-state index in [1.54, 1.807) is 18.1 Å². The highest BCUT2D eigenvalue weighted by Crippen LogP contribution is 2.18. The minimum atomic E-state index is 0.226. The van der Waals surface area contributed by atoms with E-state index in [0.717, 1.165) is 11.6 Å². The number of nitrogens with one attached hydrogen (secondary N) is 1. The third kappa shape index (κ3) is 3.07. The second kappa shape index (κ2) is 5.64. The Hall–Kier alpha value is -1.88. The molecule has 0 bridgehead atoms. The first-order valence-electron chi connectivity index (χ1n) is 5.91. The molecule has 1 unspecified atom stereocenters. The molecular weight excluding hydrogens is 228 g/mol. The van der Waals surface area contributed by atoms with Crippen LogP contribution in [0.15, 0.2) is 30.6 Å². The number of ether oxygens (including phenoxy) is 1. The first kappa shape index (κ1) is 12.6. The van der Waals surface area contributed by atoms with E-state index in [0.29, 0.717) is 6.54 Å². The molecule has 18 heavy (non-hydrogen) atoms. The van der Waals surface area contributed by atoms with Crippen molar-refractivity contribution in [2.24, 2.45) is 7.05 Å². The topological polar surface area (TPSA) is 52.0 Å². The van der Waals surface area contributed by atoms with Gasteiger partial charge in [0.25, 0.3) is 0 Å². The van der Waals surface area contributed by atoms with Crippen molar-refractivity contribution in [1.29, 1.82) is 0 Å². The number of hydrogen-bond donors (Lipinski definition) is 1. The van der Waals surface area contributed by atoms with Crippen LogP contribution in [-0.4, -0.2) is 21.9 Å². The Morgan fingerprint density at radius 2 is 2.28 bits per heavy atom. The Bertz CT molecular complexity index is 509. The summed E-state index contributed by atoms with van der Waals surface area (Å²) in [7, 11) is 3.54. The summed E-state index contributed by atoms with van der Waals surface area (Å²) in [5, 5.41) is 7.61. The lowest BCUT2D eigenvalue weighted by molar-refractivity contribution is 0.413. The molecule has 5 heteroatoms. The van der Waals surface area contributed by atoms with Crippen LogP contribution in [-0.2, 0) is 13.6 Å². The van der Waals surface area contributed by atoms with Gasteiger partial charge >= 0.3 is 0 Å². The Labute approximate surface area is 107 Å². The molecule has 1 N–H and O–H groups in total. The number of rotatable bonds is 5. The zero-order chi connectivity index (χ0) is 13.0. The average Bonchev–Trinajstić information content (AvgIpc) is 2.82. The van der Waals surface area contributed by atoms with Crippen LogP contribution >= 0.6 is 0 Å². The molecule has 1 aromatic carbocycles. The van der Waals surface area contributed by atoms with Gasteiger partial charge in [-0.2, -0.15) is 5.10 Å². The van der Waals surface area contributed by atoms with Crippen LogP contribution in [0.5, 0.6) is 5.75 Å². The lowest BCUT2D eigenvalue weighted by atomic mass is 10.1. The minimum Gasteiger partial charge on any atom is -0.497 e. The second-order valence-electron chi connectivity index (χ2n) is 4.21. The van der Waals surface area contributed by atoms with Crippen LogP contribution in [0.1, 0.15) is 24.4 Å². The molecule has 1 heterocycles. The van der Waals surface area contributed by atoms with Crippen molar-refractivity contribution in [3.63, 3.8) is 0 Å². The molecule has 0 radical (unpaired) electrons. The van der Waals surface area contributed by atoms with E-state index >= 15 is 0 Å². The van der Waals surface area contributed by atoms with E-state index in [4.69, 9.17) is 4.74 Å². The fraction of sp³-hybridized carbons (Fsp3) is 0.385. The number of aromatic nitrogens is 3. The summed E-state index contributed by atoms with van der Waals surface area (Å²) in [6.07, 6.45) is 1.70. The Balaban J connectivity index is 1.96. The summed E-state index contributed by atoms with van der Waals surface area (Å²) in [5.41, 5.74) is 1.19. The molecule has 0 amide bonds. The normalized spacial score (nSPS) is 12.4. The smallest absolute Gasteiger partial charge is 0.164 e. The molecule has 1 aromatic heterocycles. The lowest BCUT2D eigenvalue weighted by Gasteiger charge is -2.13. The zero-order valence-corrected chi connectivity index (χ0v) is 10.9. The third-order valence-electron chi connectivity index (χ3n) is 2.81. The van der Waals surface area contributed by atoms with Gasteiger partial charge in [-0.1, -0.05) is 12.1 Å². The van der Waals surface area contributed by atoms with Gasteiger partial charge in [-0.05, 0) is 24.6 Å². The van der Waals surface area contributed by atoms with Crippen molar-refractivity contribution in [1.82, 2.24) is 20.1 Å². The van der Waals surface area contributed by atoms with Crippen LogP contribution < -0.4 is 10.1 Å². The minimum absolute atomic E-state index is 0.226. The molecule has 0 aliphatic heterocycles. The third-order valence-corrected chi connectivity index (χ3v) is 2.81. The first-order chi connectivity index (χ1) is 8.69. The molecule has 2 rings (SSSR count). The second-order valence-corrected chi connectivity index (χ2v) is 4.21. The van der Waals surface area contributed by atoms with E-state index in [1.165, 1.54) is 5.56 Å². The van der Waals surface area contributed by atoms with Gasteiger partial charge in [0.2, 0.25) is 0 Å². The largest absolute Gasteiger partial charge is 0.497 e. The first-order valence-corrected chi connectivity index (χ1v) is 5.91. The Kier molecular flexibility index (Phi) is 3.94. The van der Waals surface area contributed by atoms with E-state index in [1.807, 2.05) is 25.2 Å². The van der Waals surface area contributed by atoms with Crippen molar-refractivity contribution in [2.45, 2.75) is 19.5 Å². The Morgan fingerprint density at radius 3 is 2.94 bits per heavy atom. The Morgan fingerprint density at radius 1 is 1.44 bits per heavy atom. The fourth-order valence-electron chi connectivity index (χ4n) is 1.74. The van der Waals surface area contributed by atoms with Crippen molar-refractivity contribution < 1.29 is 4.74 Å². The summed E-state index contributed by atoms with van der Waals surface area (Å²) in [6, 6.07) is 8.26. The van der Waals surface area contributed by atoms with Crippen molar-refractivity contribution in [3.05, 3.63) is 42.0 Å². The number of methoxy groups -OCH3 is 1. The van der Waals surface area contributed by atoms with Crippen LogP contribution in [0.25, 0.3) is 0 Å². The monoisotopic (exact) mass is 246 g/mol. The lowest BCUT2D eigenvalue weighted by Crippen LogP contribution is -2.19. The standard InChI is InChI=1S/C13H18N4O/c1-10(11-5-4-6-12(7-11)18-3)14-8-13-15-9-17(2)16-13/h4-7,9-10,14H,8H2,1-3H3. The average molecular weight is 246 g/mol. The molecule has 0 saturated carbocycles. The number of nitrogens with zero attached hydrogens (tertiary/aromatic N) is 3. The molecule has 0 aliphatic carbocycles. The van der Waals surface area contributed by atoms with Crippen LogP contribution in [0.3, 0.4) is 0 Å². The van der Waals surface area contributed by atoms with Gasteiger partial charge in [-0.25, -0.2) is 4.98 Å². The number of benzene rings is 1. The summed E-state index contributed by atoms with van der Waals surface area (Å²) < 4.78 is 6.92. The predicted octanol–water partition coefficient (Wildman–Crippen LogP) is 1.67.